The van der Waals surface area contributed by atoms with Gasteiger partial charge in [-0.2, -0.15) is 5.10 Å². The van der Waals surface area contributed by atoms with Crippen molar-refractivity contribution in [2.75, 3.05) is 20.3 Å². The van der Waals surface area contributed by atoms with Crippen molar-refractivity contribution in [1.82, 2.24) is 9.78 Å². The van der Waals surface area contributed by atoms with Crippen LogP contribution in [0.4, 0.5) is 0 Å². The van der Waals surface area contributed by atoms with Crippen LogP contribution in [-0.4, -0.2) is 36.1 Å². The molecule has 0 aliphatic carbocycles. The van der Waals surface area contributed by atoms with E-state index in [0.29, 0.717) is 5.56 Å². The SMILES string of the molecule is COC(=O)c1cnn(C2CCOCC2)c1-c1ccccc1. The number of rotatable bonds is 3. The second-order valence-corrected chi connectivity index (χ2v) is 5.05. The van der Waals surface area contributed by atoms with Crippen LogP contribution in [0.2, 0.25) is 0 Å². The molecule has 1 aliphatic rings. The van der Waals surface area contributed by atoms with Crippen molar-refractivity contribution in [1.29, 1.82) is 0 Å². The molecule has 21 heavy (non-hydrogen) atoms. The Morgan fingerprint density at radius 3 is 2.67 bits per heavy atom. The average Bonchev–Trinajstić information content (AvgIpc) is 3.00. The first kappa shape index (κ1) is 13.8. The quantitative estimate of drug-likeness (QED) is 0.814. The number of carbonyl (C=O) groups is 1. The average molecular weight is 286 g/mol. The van der Waals surface area contributed by atoms with Gasteiger partial charge >= 0.3 is 5.97 Å². The van der Waals surface area contributed by atoms with Gasteiger partial charge in [-0.15, -0.1) is 0 Å². The van der Waals surface area contributed by atoms with Crippen molar-refractivity contribution in [3.63, 3.8) is 0 Å². The van der Waals surface area contributed by atoms with Gasteiger partial charge in [0.1, 0.15) is 5.56 Å². The van der Waals surface area contributed by atoms with E-state index in [4.69, 9.17) is 9.47 Å². The summed E-state index contributed by atoms with van der Waals surface area (Å²) in [6.07, 6.45) is 3.41. The van der Waals surface area contributed by atoms with Crippen LogP contribution < -0.4 is 0 Å². The van der Waals surface area contributed by atoms with Gasteiger partial charge < -0.3 is 9.47 Å². The number of benzene rings is 1. The molecule has 1 fully saturated rings. The van der Waals surface area contributed by atoms with Gasteiger partial charge in [-0.25, -0.2) is 4.79 Å². The zero-order valence-electron chi connectivity index (χ0n) is 12.0. The molecule has 0 N–H and O–H groups in total. The van der Waals surface area contributed by atoms with E-state index >= 15 is 0 Å². The number of hydrogen-bond acceptors (Lipinski definition) is 4. The predicted octanol–water partition coefficient (Wildman–Crippen LogP) is 2.69. The summed E-state index contributed by atoms with van der Waals surface area (Å²) in [7, 11) is 1.39. The molecule has 110 valence electrons. The van der Waals surface area contributed by atoms with Gasteiger partial charge in [-0.1, -0.05) is 30.3 Å². The Bertz CT molecular complexity index is 616. The molecule has 0 radical (unpaired) electrons. The van der Waals surface area contributed by atoms with E-state index in [1.807, 2.05) is 35.0 Å². The van der Waals surface area contributed by atoms with Gasteiger partial charge in [-0.3, -0.25) is 4.68 Å². The molecule has 1 aliphatic heterocycles. The molecular formula is C16H18N2O3. The lowest BCUT2D eigenvalue weighted by Crippen LogP contribution is -2.21. The zero-order valence-corrected chi connectivity index (χ0v) is 12.0. The minimum absolute atomic E-state index is 0.257. The smallest absolute Gasteiger partial charge is 0.341 e. The van der Waals surface area contributed by atoms with Gasteiger partial charge in [0.15, 0.2) is 0 Å². The number of ether oxygens (including phenoxy) is 2. The first-order valence-electron chi connectivity index (χ1n) is 7.10. The minimum Gasteiger partial charge on any atom is -0.465 e. The van der Waals surface area contributed by atoms with Gasteiger partial charge in [0.2, 0.25) is 0 Å². The maximum atomic E-state index is 12.0. The van der Waals surface area contributed by atoms with Gasteiger partial charge in [0.25, 0.3) is 0 Å². The molecule has 5 heteroatoms. The predicted molar refractivity (Wildman–Crippen MR) is 78.1 cm³/mol. The van der Waals surface area contributed by atoms with Crippen LogP contribution in [0.25, 0.3) is 11.3 Å². The number of carbonyl (C=O) groups excluding carboxylic acids is 1. The highest BCUT2D eigenvalue weighted by Crippen LogP contribution is 2.30. The van der Waals surface area contributed by atoms with Crippen LogP contribution in [0.15, 0.2) is 36.5 Å². The van der Waals surface area contributed by atoms with Gasteiger partial charge in [0, 0.05) is 18.8 Å². The third-order valence-electron chi connectivity index (χ3n) is 3.78. The fraction of sp³-hybridized carbons (Fsp3) is 0.375. The molecular weight excluding hydrogens is 268 g/mol. The first-order valence-corrected chi connectivity index (χ1v) is 7.10. The Morgan fingerprint density at radius 2 is 2.00 bits per heavy atom. The summed E-state index contributed by atoms with van der Waals surface area (Å²) in [5.74, 6) is -0.354. The molecule has 0 amide bonds. The molecule has 0 atom stereocenters. The number of methoxy groups -OCH3 is 1. The van der Waals surface area contributed by atoms with Crippen LogP contribution in [0.3, 0.4) is 0 Å². The summed E-state index contributed by atoms with van der Waals surface area (Å²) in [5, 5.41) is 4.45. The van der Waals surface area contributed by atoms with E-state index in [9.17, 15) is 4.79 Å². The Labute approximate surface area is 123 Å². The highest BCUT2D eigenvalue weighted by atomic mass is 16.5. The van der Waals surface area contributed by atoms with Crippen LogP contribution in [0.1, 0.15) is 29.2 Å². The molecule has 0 unspecified atom stereocenters. The van der Waals surface area contributed by atoms with Crippen LogP contribution in [-0.2, 0) is 9.47 Å². The Balaban J connectivity index is 2.08. The molecule has 1 saturated heterocycles. The maximum absolute atomic E-state index is 12.0. The number of esters is 1. The van der Waals surface area contributed by atoms with E-state index < -0.39 is 0 Å². The molecule has 5 nitrogen and oxygen atoms in total. The Hall–Kier alpha value is -2.14. The molecule has 1 aromatic heterocycles. The van der Waals surface area contributed by atoms with Crippen molar-refractivity contribution < 1.29 is 14.3 Å². The van der Waals surface area contributed by atoms with Crippen molar-refractivity contribution in [2.24, 2.45) is 0 Å². The third kappa shape index (κ3) is 2.69. The molecule has 1 aromatic carbocycles. The number of aromatic nitrogens is 2. The lowest BCUT2D eigenvalue weighted by molar-refractivity contribution is 0.0600. The third-order valence-corrected chi connectivity index (χ3v) is 3.78. The Kier molecular flexibility index (Phi) is 4.01. The summed E-state index contributed by atoms with van der Waals surface area (Å²) >= 11 is 0. The summed E-state index contributed by atoms with van der Waals surface area (Å²) in [4.78, 5) is 12.0. The highest BCUT2D eigenvalue weighted by molar-refractivity contribution is 5.96. The molecule has 0 bridgehead atoms. The van der Waals surface area contributed by atoms with E-state index in [2.05, 4.69) is 5.10 Å². The standard InChI is InChI=1S/C16H18N2O3/c1-20-16(19)14-11-17-18(13-7-9-21-10-8-13)15(14)12-5-3-2-4-6-12/h2-6,11,13H,7-10H2,1H3. The monoisotopic (exact) mass is 286 g/mol. The van der Waals surface area contributed by atoms with E-state index in [1.54, 1.807) is 6.20 Å². The second kappa shape index (κ2) is 6.10. The molecule has 0 saturated carbocycles. The minimum atomic E-state index is -0.354. The van der Waals surface area contributed by atoms with E-state index in [1.165, 1.54) is 7.11 Å². The normalized spacial score (nSPS) is 15.9. The summed E-state index contributed by atoms with van der Waals surface area (Å²) in [5.41, 5.74) is 2.31. The van der Waals surface area contributed by atoms with Gasteiger partial charge in [-0.05, 0) is 12.8 Å². The lowest BCUT2D eigenvalue weighted by atomic mass is 10.0. The fourth-order valence-electron chi connectivity index (χ4n) is 2.71. The second-order valence-electron chi connectivity index (χ2n) is 5.05. The van der Waals surface area contributed by atoms with Crippen molar-refractivity contribution in [3.8, 4) is 11.3 Å². The highest BCUT2D eigenvalue weighted by Gasteiger charge is 2.25. The Morgan fingerprint density at radius 1 is 1.29 bits per heavy atom. The summed E-state index contributed by atoms with van der Waals surface area (Å²) in [6, 6.07) is 10.1. The first-order chi connectivity index (χ1) is 10.3. The largest absolute Gasteiger partial charge is 0.465 e. The van der Waals surface area contributed by atoms with E-state index in [-0.39, 0.29) is 12.0 Å². The van der Waals surface area contributed by atoms with Crippen molar-refractivity contribution in [3.05, 3.63) is 42.1 Å². The van der Waals surface area contributed by atoms with E-state index in [0.717, 1.165) is 37.3 Å². The summed E-state index contributed by atoms with van der Waals surface area (Å²) in [6.45, 7) is 1.46. The number of hydrogen-bond donors (Lipinski definition) is 0. The fourth-order valence-corrected chi connectivity index (χ4v) is 2.71. The lowest BCUT2D eigenvalue weighted by Gasteiger charge is -2.24. The topological polar surface area (TPSA) is 53.3 Å². The molecule has 2 aromatic rings. The molecule has 2 heterocycles. The van der Waals surface area contributed by atoms with Gasteiger partial charge in [0.05, 0.1) is 25.0 Å². The zero-order chi connectivity index (χ0) is 14.7. The van der Waals surface area contributed by atoms with Crippen LogP contribution in [0.5, 0.6) is 0 Å². The molecule has 0 spiro atoms. The molecule has 3 rings (SSSR count). The maximum Gasteiger partial charge on any atom is 0.341 e. The van der Waals surface area contributed by atoms with Crippen LogP contribution in [0, 0.1) is 0 Å². The number of nitrogens with zero attached hydrogens (tertiary/aromatic N) is 2. The summed E-state index contributed by atoms with van der Waals surface area (Å²) < 4.78 is 12.2. The van der Waals surface area contributed by atoms with Crippen LogP contribution >= 0.6 is 0 Å². The van der Waals surface area contributed by atoms with Crippen molar-refractivity contribution in [2.45, 2.75) is 18.9 Å². The van der Waals surface area contributed by atoms with Crippen molar-refractivity contribution >= 4 is 5.97 Å².